The number of aromatic amines is 1. The first-order chi connectivity index (χ1) is 8.49. The van der Waals surface area contributed by atoms with Gasteiger partial charge in [0.05, 0.1) is 11.9 Å². The smallest absolute Gasteiger partial charge is 0.267 e. The molecule has 2 aromatic rings. The molecule has 0 aliphatic heterocycles. The minimum atomic E-state index is -3.92. The highest BCUT2D eigenvalue weighted by Crippen LogP contribution is 2.16. The molecular formula is C10H8BrN3O3S. The summed E-state index contributed by atoms with van der Waals surface area (Å²) in [7, 11) is -3.92. The molecule has 0 bridgehead atoms. The third-order valence-corrected chi connectivity index (χ3v) is 3.87. The Balaban J connectivity index is 2.40. The number of pyridine rings is 2. The fourth-order valence-electron chi connectivity index (χ4n) is 1.29. The Bertz CT molecular complexity index is 727. The second-order valence-corrected chi connectivity index (χ2v) is 5.94. The summed E-state index contributed by atoms with van der Waals surface area (Å²) in [6.45, 7) is 0. The predicted octanol–water partition coefficient (Wildman–Crippen LogP) is 1.33. The van der Waals surface area contributed by atoms with Crippen molar-refractivity contribution in [3.8, 4) is 0 Å². The molecule has 2 N–H and O–H groups in total. The van der Waals surface area contributed by atoms with Crippen molar-refractivity contribution >= 4 is 31.6 Å². The van der Waals surface area contributed by atoms with Gasteiger partial charge < -0.3 is 4.98 Å². The molecule has 8 heteroatoms. The van der Waals surface area contributed by atoms with Crippen molar-refractivity contribution in [3.05, 3.63) is 51.6 Å². The van der Waals surface area contributed by atoms with Crippen molar-refractivity contribution in [1.82, 2.24) is 9.97 Å². The van der Waals surface area contributed by atoms with Gasteiger partial charge in [-0.1, -0.05) is 0 Å². The molecule has 0 saturated carbocycles. The molecule has 0 saturated heterocycles. The third-order valence-electron chi connectivity index (χ3n) is 2.03. The minimum absolute atomic E-state index is 0.271. The Morgan fingerprint density at radius 1 is 1.33 bits per heavy atom. The fourth-order valence-corrected chi connectivity index (χ4v) is 2.74. The van der Waals surface area contributed by atoms with Gasteiger partial charge in [-0.3, -0.25) is 14.5 Å². The summed E-state index contributed by atoms with van der Waals surface area (Å²) in [6.07, 6.45) is 5.37. The van der Waals surface area contributed by atoms with Crippen LogP contribution in [0, 0.1) is 0 Å². The van der Waals surface area contributed by atoms with Crippen molar-refractivity contribution in [1.29, 1.82) is 0 Å². The molecule has 2 aromatic heterocycles. The molecule has 6 nitrogen and oxygen atoms in total. The Kier molecular flexibility index (Phi) is 3.48. The standard InChI is InChI=1S/C10H8BrN3O3S/c11-7-3-8(5-13-4-7)14-18(16,17)10-6-12-2-1-9(10)15/h1-6,14H,(H,12,15). The van der Waals surface area contributed by atoms with Gasteiger partial charge in [-0.05, 0) is 22.0 Å². The zero-order chi connectivity index (χ0) is 13.2. The Morgan fingerprint density at radius 3 is 2.78 bits per heavy atom. The maximum Gasteiger partial charge on any atom is 0.267 e. The van der Waals surface area contributed by atoms with E-state index in [-0.39, 0.29) is 10.6 Å². The SMILES string of the molecule is O=c1cc[nH]cc1S(=O)(=O)Nc1cncc(Br)c1. The second kappa shape index (κ2) is 4.91. The van der Waals surface area contributed by atoms with E-state index in [0.717, 1.165) is 12.3 Å². The van der Waals surface area contributed by atoms with Crippen LogP contribution in [0.15, 0.2) is 51.1 Å². The number of sulfonamides is 1. The van der Waals surface area contributed by atoms with Crippen LogP contribution in [-0.4, -0.2) is 18.4 Å². The van der Waals surface area contributed by atoms with Crippen LogP contribution in [0.5, 0.6) is 0 Å². The maximum absolute atomic E-state index is 12.0. The first-order valence-corrected chi connectivity index (χ1v) is 7.07. The summed E-state index contributed by atoms with van der Waals surface area (Å²) in [5, 5.41) is 0. The molecule has 0 unspecified atom stereocenters. The van der Waals surface area contributed by atoms with Crippen LogP contribution in [0.25, 0.3) is 0 Å². The zero-order valence-electron chi connectivity index (χ0n) is 8.92. The number of aromatic nitrogens is 2. The normalized spacial score (nSPS) is 11.2. The monoisotopic (exact) mass is 329 g/mol. The lowest BCUT2D eigenvalue weighted by Crippen LogP contribution is -2.20. The van der Waals surface area contributed by atoms with Gasteiger partial charge in [-0.15, -0.1) is 0 Å². The molecule has 0 fully saturated rings. The molecule has 2 rings (SSSR count). The Morgan fingerprint density at radius 2 is 2.11 bits per heavy atom. The largest absolute Gasteiger partial charge is 0.366 e. The number of rotatable bonds is 3. The van der Waals surface area contributed by atoms with Crippen molar-refractivity contribution in [2.24, 2.45) is 0 Å². The summed E-state index contributed by atoms with van der Waals surface area (Å²) in [4.78, 5) is 17.5. The minimum Gasteiger partial charge on any atom is -0.366 e. The molecule has 0 aromatic carbocycles. The van der Waals surface area contributed by atoms with E-state index < -0.39 is 15.5 Å². The third kappa shape index (κ3) is 2.77. The molecule has 0 radical (unpaired) electrons. The molecular weight excluding hydrogens is 322 g/mol. The van der Waals surface area contributed by atoms with Crippen LogP contribution in [0.2, 0.25) is 0 Å². The molecule has 2 heterocycles. The fraction of sp³-hybridized carbons (Fsp3) is 0. The van der Waals surface area contributed by atoms with Gasteiger partial charge >= 0.3 is 0 Å². The molecule has 94 valence electrons. The van der Waals surface area contributed by atoms with Gasteiger partial charge in [0.25, 0.3) is 10.0 Å². The number of halogens is 1. The molecule has 18 heavy (non-hydrogen) atoms. The molecule has 0 aliphatic carbocycles. The summed E-state index contributed by atoms with van der Waals surface area (Å²) >= 11 is 3.18. The zero-order valence-corrected chi connectivity index (χ0v) is 11.3. The second-order valence-electron chi connectivity index (χ2n) is 3.37. The summed E-state index contributed by atoms with van der Waals surface area (Å²) in [6, 6.07) is 2.69. The quantitative estimate of drug-likeness (QED) is 0.888. The van der Waals surface area contributed by atoms with Crippen LogP contribution in [0.4, 0.5) is 5.69 Å². The number of anilines is 1. The lowest BCUT2D eigenvalue weighted by molar-refractivity contribution is 0.600. The predicted molar refractivity (Wildman–Crippen MR) is 69.8 cm³/mol. The molecule has 0 atom stereocenters. The van der Waals surface area contributed by atoms with E-state index in [0.29, 0.717) is 4.47 Å². The Hall–Kier alpha value is -1.67. The van der Waals surface area contributed by atoms with E-state index in [9.17, 15) is 13.2 Å². The number of hydrogen-bond acceptors (Lipinski definition) is 4. The van der Waals surface area contributed by atoms with Gasteiger partial charge in [0, 0.05) is 29.1 Å². The molecule has 0 spiro atoms. The highest BCUT2D eigenvalue weighted by Gasteiger charge is 2.17. The first kappa shape index (κ1) is 12.8. The average molecular weight is 330 g/mol. The van der Waals surface area contributed by atoms with Crippen LogP contribution in [0.3, 0.4) is 0 Å². The van der Waals surface area contributed by atoms with Gasteiger partial charge in [0.15, 0.2) is 4.90 Å². The topological polar surface area (TPSA) is 91.9 Å². The van der Waals surface area contributed by atoms with Gasteiger partial charge in [-0.2, -0.15) is 0 Å². The lowest BCUT2D eigenvalue weighted by Gasteiger charge is -2.06. The van der Waals surface area contributed by atoms with Gasteiger partial charge in [-0.25, -0.2) is 8.42 Å². The van der Waals surface area contributed by atoms with Crippen LogP contribution >= 0.6 is 15.9 Å². The van der Waals surface area contributed by atoms with E-state index >= 15 is 0 Å². The van der Waals surface area contributed by atoms with E-state index in [4.69, 9.17) is 0 Å². The van der Waals surface area contributed by atoms with E-state index in [1.165, 1.54) is 18.6 Å². The maximum atomic E-state index is 12.0. The van der Waals surface area contributed by atoms with Crippen molar-refractivity contribution in [3.63, 3.8) is 0 Å². The van der Waals surface area contributed by atoms with Crippen molar-refractivity contribution < 1.29 is 8.42 Å². The number of nitrogens with one attached hydrogen (secondary N) is 2. The number of H-pyrrole nitrogens is 1. The van der Waals surface area contributed by atoms with Crippen LogP contribution < -0.4 is 10.2 Å². The highest BCUT2D eigenvalue weighted by atomic mass is 79.9. The van der Waals surface area contributed by atoms with E-state index in [1.807, 2.05) is 0 Å². The summed E-state index contributed by atoms with van der Waals surface area (Å²) < 4.78 is 26.8. The van der Waals surface area contributed by atoms with Gasteiger partial charge in [0.2, 0.25) is 5.43 Å². The number of hydrogen-bond donors (Lipinski definition) is 2. The van der Waals surface area contributed by atoms with Crippen LogP contribution in [0.1, 0.15) is 0 Å². The highest BCUT2D eigenvalue weighted by molar-refractivity contribution is 9.10. The van der Waals surface area contributed by atoms with E-state index in [2.05, 4.69) is 30.6 Å². The Labute approximate surface area is 111 Å². The van der Waals surface area contributed by atoms with E-state index in [1.54, 1.807) is 6.07 Å². The lowest BCUT2D eigenvalue weighted by atomic mass is 10.4. The molecule has 0 amide bonds. The van der Waals surface area contributed by atoms with Crippen molar-refractivity contribution in [2.75, 3.05) is 4.72 Å². The summed E-state index contributed by atoms with van der Waals surface area (Å²) in [5.74, 6) is 0. The summed E-state index contributed by atoms with van der Waals surface area (Å²) in [5.41, 5.74) is -0.308. The van der Waals surface area contributed by atoms with Crippen molar-refractivity contribution in [2.45, 2.75) is 4.90 Å². The number of nitrogens with zero attached hydrogens (tertiary/aromatic N) is 1. The average Bonchev–Trinajstić information content (AvgIpc) is 2.28. The molecule has 0 aliphatic rings. The first-order valence-electron chi connectivity index (χ1n) is 4.79. The van der Waals surface area contributed by atoms with Gasteiger partial charge in [0.1, 0.15) is 0 Å². The van der Waals surface area contributed by atoms with Crippen LogP contribution in [-0.2, 0) is 10.0 Å².